The molecule has 0 bridgehead atoms. The van der Waals surface area contributed by atoms with Crippen LogP contribution in [0.3, 0.4) is 0 Å². The van der Waals surface area contributed by atoms with Crippen LogP contribution in [-0.4, -0.2) is 53.0 Å². The lowest BCUT2D eigenvalue weighted by Gasteiger charge is -2.28. The minimum Gasteiger partial charge on any atom is -0.295 e. The SMILES string of the molecule is O=C1CCS(=O)(=O)N1c1ccc(S(=O)(=O)NCC(c2ccc(F)cc2)N2CCCC2)cc1. The molecule has 1 amide bonds. The van der Waals surface area contributed by atoms with E-state index in [1.807, 2.05) is 0 Å². The third-order valence-electron chi connectivity index (χ3n) is 5.76. The molecule has 172 valence electrons. The maximum atomic E-state index is 13.4. The van der Waals surface area contributed by atoms with Crippen LogP contribution >= 0.6 is 0 Å². The monoisotopic (exact) mass is 481 g/mol. The molecule has 2 saturated heterocycles. The average molecular weight is 482 g/mol. The summed E-state index contributed by atoms with van der Waals surface area (Å²) >= 11 is 0. The Kier molecular flexibility index (Phi) is 6.35. The molecule has 8 nitrogen and oxygen atoms in total. The molecule has 2 aliphatic rings. The first-order valence-corrected chi connectivity index (χ1v) is 13.4. The molecule has 0 aromatic heterocycles. The third-order valence-corrected chi connectivity index (χ3v) is 8.89. The van der Waals surface area contributed by atoms with Crippen molar-refractivity contribution in [3.8, 4) is 0 Å². The molecule has 0 spiro atoms. The lowest BCUT2D eigenvalue weighted by atomic mass is 10.1. The lowest BCUT2D eigenvalue weighted by Crippen LogP contribution is -2.36. The van der Waals surface area contributed by atoms with E-state index in [1.165, 1.54) is 36.4 Å². The maximum Gasteiger partial charge on any atom is 0.242 e. The molecule has 0 radical (unpaired) electrons. The molecule has 0 saturated carbocycles. The number of carbonyl (C=O) groups excluding carboxylic acids is 1. The van der Waals surface area contributed by atoms with Crippen molar-refractivity contribution in [3.63, 3.8) is 0 Å². The number of sulfonamides is 2. The van der Waals surface area contributed by atoms with Crippen LogP contribution in [0.25, 0.3) is 0 Å². The zero-order valence-electron chi connectivity index (χ0n) is 17.3. The van der Waals surface area contributed by atoms with Crippen LogP contribution in [0.1, 0.15) is 30.9 Å². The summed E-state index contributed by atoms with van der Waals surface area (Å²) in [6.45, 7) is 1.77. The molecule has 2 aromatic rings. The number of hydrogen-bond donors (Lipinski definition) is 1. The number of hydrogen-bond acceptors (Lipinski definition) is 6. The van der Waals surface area contributed by atoms with Crippen LogP contribution < -0.4 is 9.03 Å². The van der Waals surface area contributed by atoms with Crippen LogP contribution in [0.2, 0.25) is 0 Å². The Labute approximate surface area is 187 Å². The smallest absolute Gasteiger partial charge is 0.242 e. The number of rotatable bonds is 7. The maximum absolute atomic E-state index is 13.4. The molecule has 11 heteroatoms. The van der Waals surface area contributed by atoms with Crippen LogP contribution in [0.5, 0.6) is 0 Å². The van der Waals surface area contributed by atoms with Crippen LogP contribution in [-0.2, 0) is 24.8 Å². The van der Waals surface area contributed by atoms with Gasteiger partial charge in [0.2, 0.25) is 26.0 Å². The summed E-state index contributed by atoms with van der Waals surface area (Å²) in [5, 5.41) is 0. The zero-order chi connectivity index (χ0) is 22.9. The topological polar surface area (TPSA) is 104 Å². The zero-order valence-corrected chi connectivity index (χ0v) is 18.9. The van der Waals surface area contributed by atoms with Gasteiger partial charge in [-0.1, -0.05) is 12.1 Å². The van der Waals surface area contributed by atoms with Gasteiger partial charge in [-0.2, -0.15) is 0 Å². The molecule has 32 heavy (non-hydrogen) atoms. The fraction of sp³-hybridized carbons (Fsp3) is 0.381. The van der Waals surface area contributed by atoms with Crippen LogP contribution in [0, 0.1) is 5.82 Å². The van der Waals surface area contributed by atoms with Crippen molar-refractivity contribution in [1.29, 1.82) is 0 Å². The third kappa shape index (κ3) is 4.70. The van der Waals surface area contributed by atoms with Gasteiger partial charge in [0, 0.05) is 19.0 Å². The van der Waals surface area contributed by atoms with E-state index in [2.05, 4.69) is 9.62 Å². The number of nitrogens with zero attached hydrogens (tertiary/aromatic N) is 2. The van der Waals surface area contributed by atoms with E-state index in [1.54, 1.807) is 12.1 Å². The van der Waals surface area contributed by atoms with E-state index >= 15 is 0 Å². The number of likely N-dealkylation sites (tertiary alicyclic amines) is 1. The standard InChI is InChI=1S/C21H24FN3O5S2/c22-17-5-3-16(4-6-17)20(24-12-1-2-13-24)15-23-32(29,30)19-9-7-18(8-10-19)25-21(26)11-14-31(25,27)28/h3-10,20,23H,1-2,11-15H2. The quantitative estimate of drug-likeness (QED) is 0.649. The van der Waals surface area contributed by atoms with Gasteiger partial charge in [0.1, 0.15) is 5.82 Å². The lowest BCUT2D eigenvalue weighted by molar-refractivity contribution is -0.116. The van der Waals surface area contributed by atoms with Gasteiger partial charge in [-0.3, -0.25) is 9.69 Å². The summed E-state index contributed by atoms with van der Waals surface area (Å²) < 4.78 is 66.6. The molecular weight excluding hydrogens is 457 g/mol. The van der Waals surface area contributed by atoms with Gasteiger partial charge >= 0.3 is 0 Å². The predicted octanol–water partition coefficient (Wildman–Crippen LogP) is 2.01. The summed E-state index contributed by atoms with van der Waals surface area (Å²) in [7, 11) is -7.60. The van der Waals surface area contributed by atoms with Crippen molar-refractivity contribution >= 4 is 31.6 Å². The Morgan fingerprint density at radius 3 is 2.19 bits per heavy atom. The molecule has 1 atom stereocenters. The van der Waals surface area contributed by atoms with Crippen LogP contribution in [0.15, 0.2) is 53.4 Å². The van der Waals surface area contributed by atoms with Gasteiger partial charge in [0.05, 0.1) is 16.3 Å². The Morgan fingerprint density at radius 1 is 1.00 bits per heavy atom. The van der Waals surface area contributed by atoms with E-state index in [0.29, 0.717) is 0 Å². The summed E-state index contributed by atoms with van der Waals surface area (Å²) in [6.07, 6.45) is 1.94. The van der Waals surface area contributed by atoms with Crippen LogP contribution in [0.4, 0.5) is 10.1 Å². The second-order valence-electron chi connectivity index (χ2n) is 7.88. The second-order valence-corrected chi connectivity index (χ2v) is 11.6. The summed E-state index contributed by atoms with van der Waals surface area (Å²) in [5.74, 6) is -1.14. The molecule has 1 N–H and O–H groups in total. The summed E-state index contributed by atoms with van der Waals surface area (Å²) in [5.41, 5.74) is 0.941. The predicted molar refractivity (Wildman–Crippen MR) is 117 cm³/mol. The molecular formula is C21H24FN3O5S2. The number of halogens is 1. The van der Waals surface area contributed by atoms with E-state index in [4.69, 9.17) is 0 Å². The number of benzene rings is 2. The molecule has 1 unspecified atom stereocenters. The van der Waals surface area contributed by atoms with Gasteiger partial charge in [-0.25, -0.2) is 30.3 Å². The number of anilines is 1. The van der Waals surface area contributed by atoms with E-state index < -0.39 is 26.0 Å². The average Bonchev–Trinajstić information content (AvgIpc) is 3.37. The highest BCUT2D eigenvalue weighted by Gasteiger charge is 2.36. The van der Waals surface area contributed by atoms with Crippen molar-refractivity contribution in [2.45, 2.75) is 30.2 Å². The highest BCUT2D eigenvalue weighted by Crippen LogP contribution is 2.28. The first-order chi connectivity index (χ1) is 15.2. The van der Waals surface area contributed by atoms with E-state index in [0.717, 1.165) is 35.8 Å². The Hall–Kier alpha value is -2.34. The Bertz CT molecular complexity index is 1190. The van der Waals surface area contributed by atoms with E-state index in [-0.39, 0.29) is 41.2 Å². The molecule has 2 aliphatic heterocycles. The fourth-order valence-electron chi connectivity index (χ4n) is 4.10. The molecule has 0 aliphatic carbocycles. The van der Waals surface area contributed by atoms with Gasteiger partial charge in [-0.05, 0) is 67.9 Å². The van der Waals surface area contributed by atoms with Gasteiger partial charge in [0.15, 0.2) is 0 Å². The van der Waals surface area contributed by atoms with Gasteiger partial charge < -0.3 is 0 Å². The van der Waals surface area contributed by atoms with Crippen molar-refractivity contribution < 1.29 is 26.0 Å². The number of carbonyl (C=O) groups is 1. The highest BCUT2D eigenvalue weighted by molar-refractivity contribution is 7.94. The van der Waals surface area contributed by atoms with Gasteiger partial charge in [-0.15, -0.1) is 0 Å². The number of nitrogens with one attached hydrogen (secondary N) is 1. The Balaban J connectivity index is 1.51. The van der Waals surface area contributed by atoms with Crippen molar-refractivity contribution in [3.05, 3.63) is 59.9 Å². The summed E-state index contributed by atoms with van der Waals surface area (Å²) in [4.78, 5) is 14.1. The molecule has 4 rings (SSSR count). The fourth-order valence-corrected chi connectivity index (χ4v) is 6.60. The van der Waals surface area contributed by atoms with Crippen molar-refractivity contribution in [2.24, 2.45) is 0 Å². The van der Waals surface area contributed by atoms with E-state index in [9.17, 15) is 26.0 Å². The highest BCUT2D eigenvalue weighted by atomic mass is 32.2. The number of amides is 1. The first kappa shape index (κ1) is 22.8. The van der Waals surface area contributed by atoms with Gasteiger partial charge in [0.25, 0.3) is 0 Å². The van der Waals surface area contributed by atoms with Crippen molar-refractivity contribution in [1.82, 2.24) is 9.62 Å². The molecule has 2 fully saturated rings. The second kappa shape index (κ2) is 8.89. The molecule has 2 heterocycles. The Morgan fingerprint density at radius 2 is 1.62 bits per heavy atom. The first-order valence-electron chi connectivity index (χ1n) is 10.3. The molecule has 2 aromatic carbocycles. The minimum atomic E-state index is -3.89. The minimum absolute atomic E-state index is 0.0374. The largest absolute Gasteiger partial charge is 0.295 e. The van der Waals surface area contributed by atoms with Crippen molar-refractivity contribution in [2.75, 3.05) is 29.7 Å². The normalized spacial score (nSPS) is 20.0. The summed E-state index contributed by atoms with van der Waals surface area (Å²) in [6, 6.07) is 11.0.